The van der Waals surface area contributed by atoms with E-state index in [0.717, 1.165) is 16.8 Å². The normalized spacial score (nSPS) is 15.0. The Labute approximate surface area is 135 Å². The molecule has 0 fully saturated rings. The van der Waals surface area contributed by atoms with Gasteiger partial charge in [0.15, 0.2) is 11.5 Å². The van der Waals surface area contributed by atoms with Gasteiger partial charge in [0.1, 0.15) is 0 Å². The first-order chi connectivity index (χ1) is 11.2. The van der Waals surface area contributed by atoms with Gasteiger partial charge in [0, 0.05) is 18.2 Å². The SMILES string of the molecule is CCOc1ccc(/C=C2/C(=O)N(C)c3ccccc32)cc1OC. The van der Waals surface area contributed by atoms with Gasteiger partial charge in [-0.1, -0.05) is 24.3 Å². The first-order valence-electron chi connectivity index (χ1n) is 7.55. The molecule has 118 valence electrons. The van der Waals surface area contributed by atoms with Crippen LogP contribution in [0.1, 0.15) is 18.1 Å². The molecule has 0 bridgehead atoms. The molecule has 4 nitrogen and oxygen atoms in total. The standard InChI is InChI=1S/C19H19NO3/c1-4-23-17-10-9-13(12-18(17)22-3)11-15-14-7-5-6-8-16(14)20(2)19(15)21/h5-12H,4H2,1-3H3/b15-11+. The molecule has 0 saturated carbocycles. The summed E-state index contributed by atoms with van der Waals surface area (Å²) in [7, 11) is 3.40. The van der Waals surface area contributed by atoms with Gasteiger partial charge in [-0.15, -0.1) is 0 Å². The number of rotatable bonds is 4. The molecule has 0 unspecified atom stereocenters. The van der Waals surface area contributed by atoms with Crippen LogP contribution in [0.3, 0.4) is 0 Å². The predicted octanol–water partition coefficient (Wildman–Crippen LogP) is 3.61. The molecule has 0 spiro atoms. The van der Waals surface area contributed by atoms with E-state index in [2.05, 4.69) is 0 Å². The number of hydrogen-bond acceptors (Lipinski definition) is 3. The van der Waals surface area contributed by atoms with Crippen LogP contribution < -0.4 is 14.4 Å². The summed E-state index contributed by atoms with van der Waals surface area (Å²) < 4.78 is 10.9. The Morgan fingerprint density at radius 3 is 2.65 bits per heavy atom. The number of fused-ring (bicyclic) bond motifs is 1. The second-order valence-corrected chi connectivity index (χ2v) is 5.28. The van der Waals surface area contributed by atoms with Crippen molar-refractivity contribution < 1.29 is 14.3 Å². The largest absolute Gasteiger partial charge is 0.493 e. The van der Waals surface area contributed by atoms with Crippen LogP contribution in [0, 0.1) is 0 Å². The van der Waals surface area contributed by atoms with Crippen molar-refractivity contribution in [2.75, 3.05) is 25.7 Å². The molecular weight excluding hydrogens is 290 g/mol. The number of anilines is 1. The lowest BCUT2D eigenvalue weighted by Crippen LogP contribution is -2.20. The van der Waals surface area contributed by atoms with Crippen molar-refractivity contribution in [1.29, 1.82) is 0 Å². The number of para-hydroxylation sites is 1. The molecule has 4 heteroatoms. The lowest BCUT2D eigenvalue weighted by atomic mass is 10.0. The number of nitrogens with zero attached hydrogens (tertiary/aromatic N) is 1. The molecule has 1 aliphatic heterocycles. The van der Waals surface area contributed by atoms with Gasteiger partial charge >= 0.3 is 0 Å². The smallest absolute Gasteiger partial charge is 0.258 e. The zero-order valence-corrected chi connectivity index (χ0v) is 13.5. The molecule has 3 rings (SSSR count). The Hall–Kier alpha value is -2.75. The summed E-state index contributed by atoms with van der Waals surface area (Å²) >= 11 is 0. The van der Waals surface area contributed by atoms with Crippen LogP contribution in [0.5, 0.6) is 11.5 Å². The summed E-state index contributed by atoms with van der Waals surface area (Å²) in [5.74, 6) is 1.36. The molecule has 1 heterocycles. The van der Waals surface area contributed by atoms with Gasteiger partial charge in [0.05, 0.1) is 19.4 Å². The van der Waals surface area contributed by atoms with Crippen molar-refractivity contribution in [3.63, 3.8) is 0 Å². The van der Waals surface area contributed by atoms with Crippen LogP contribution in [0.15, 0.2) is 42.5 Å². The van der Waals surface area contributed by atoms with Crippen LogP contribution in [0.4, 0.5) is 5.69 Å². The highest BCUT2D eigenvalue weighted by molar-refractivity contribution is 6.35. The number of carbonyl (C=O) groups is 1. The Morgan fingerprint density at radius 2 is 1.91 bits per heavy atom. The fourth-order valence-corrected chi connectivity index (χ4v) is 2.75. The van der Waals surface area contributed by atoms with Crippen LogP contribution >= 0.6 is 0 Å². The van der Waals surface area contributed by atoms with E-state index >= 15 is 0 Å². The molecular formula is C19H19NO3. The lowest BCUT2D eigenvalue weighted by molar-refractivity contribution is -0.112. The highest BCUT2D eigenvalue weighted by Gasteiger charge is 2.29. The summed E-state index contributed by atoms with van der Waals surface area (Å²) in [6.45, 7) is 2.51. The van der Waals surface area contributed by atoms with E-state index in [1.54, 1.807) is 19.1 Å². The van der Waals surface area contributed by atoms with Crippen molar-refractivity contribution in [2.45, 2.75) is 6.92 Å². The van der Waals surface area contributed by atoms with E-state index in [9.17, 15) is 4.79 Å². The van der Waals surface area contributed by atoms with E-state index in [1.165, 1.54) is 0 Å². The Balaban J connectivity index is 2.03. The second-order valence-electron chi connectivity index (χ2n) is 5.28. The first kappa shape index (κ1) is 15.2. The minimum atomic E-state index is -0.000878. The number of carbonyl (C=O) groups excluding carboxylic acids is 1. The Bertz CT molecular complexity index is 780. The minimum absolute atomic E-state index is 0.000878. The molecule has 0 saturated heterocycles. The average Bonchev–Trinajstić information content (AvgIpc) is 2.82. The molecule has 23 heavy (non-hydrogen) atoms. The molecule has 2 aromatic carbocycles. The zero-order valence-electron chi connectivity index (χ0n) is 13.5. The van der Waals surface area contributed by atoms with Crippen molar-refractivity contribution in [3.8, 4) is 11.5 Å². The molecule has 0 aromatic heterocycles. The molecule has 0 N–H and O–H groups in total. The highest BCUT2D eigenvalue weighted by Crippen LogP contribution is 2.37. The molecule has 0 radical (unpaired) electrons. The maximum atomic E-state index is 12.5. The third-order valence-corrected chi connectivity index (χ3v) is 3.89. The van der Waals surface area contributed by atoms with Gasteiger partial charge in [-0.05, 0) is 36.8 Å². The van der Waals surface area contributed by atoms with Gasteiger partial charge in [0.25, 0.3) is 5.91 Å². The monoisotopic (exact) mass is 309 g/mol. The summed E-state index contributed by atoms with van der Waals surface area (Å²) in [4.78, 5) is 14.2. The Kier molecular flexibility index (Phi) is 4.06. The third kappa shape index (κ3) is 2.68. The fraction of sp³-hybridized carbons (Fsp3) is 0.211. The third-order valence-electron chi connectivity index (χ3n) is 3.89. The summed E-state index contributed by atoms with van der Waals surface area (Å²) in [5.41, 5.74) is 3.47. The minimum Gasteiger partial charge on any atom is -0.493 e. The second kappa shape index (κ2) is 6.16. The van der Waals surface area contributed by atoms with Crippen molar-refractivity contribution in [2.24, 2.45) is 0 Å². The number of likely N-dealkylation sites (N-methyl/N-ethyl adjacent to an activating group) is 1. The van der Waals surface area contributed by atoms with Gasteiger partial charge in [-0.2, -0.15) is 0 Å². The van der Waals surface area contributed by atoms with Crippen LogP contribution in [0.25, 0.3) is 11.6 Å². The zero-order chi connectivity index (χ0) is 16.4. The molecule has 0 atom stereocenters. The predicted molar refractivity (Wildman–Crippen MR) is 91.9 cm³/mol. The van der Waals surface area contributed by atoms with Crippen LogP contribution in [-0.4, -0.2) is 26.7 Å². The van der Waals surface area contributed by atoms with E-state index in [4.69, 9.17) is 9.47 Å². The quantitative estimate of drug-likeness (QED) is 0.810. The van der Waals surface area contributed by atoms with Gasteiger partial charge in [-0.3, -0.25) is 4.79 Å². The summed E-state index contributed by atoms with van der Waals surface area (Å²) in [6.07, 6.45) is 1.89. The highest BCUT2D eigenvalue weighted by atomic mass is 16.5. The van der Waals surface area contributed by atoms with Gasteiger partial charge in [0.2, 0.25) is 0 Å². The number of methoxy groups -OCH3 is 1. The maximum absolute atomic E-state index is 12.5. The number of amides is 1. The summed E-state index contributed by atoms with van der Waals surface area (Å²) in [6, 6.07) is 13.5. The summed E-state index contributed by atoms with van der Waals surface area (Å²) in [5, 5.41) is 0. The van der Waals surface area contributed by atoms with Crippen molar-refractivity contribution >= 4 is 23.2 Å². The maximum Gasteiger partial charge on any atom is 0.258 e. The number of ether oxygens (including phenoxy) is 2. The van der Waals surface area contributed by atoms with Crippen molar-refractivity contribution in [3.05, 3.63) is 53.6 Å². The molecule has 1 amide bonds. The first-order valence-corrected chi connectivity index (χ1v) is 7.55. The average molecular weight is 309 g/mol. The van der Waals surface area contributed by atoms with E-state index < -0.39 is 0 Å². The topological polar surface area (TPSA) is 38.8 Å². The van der Waals surface area contributed by atoms with E-state index in [-0.39, 0.29) is 5.91 Å². The van der Waals surface area contributed by atoms with E-state index in [0.29, 0.717) is 23.7 Å². The molecule has 2 aromatic rings. The van der Waals surface area contributed by atoms with Crippen LogP contribution in [-0.2, 0) is 4.79 Å². The lowest BCUT2D eigenvalue weighted by Gasteiger charge is -2.10. The van der Waals surface area contributed by atoms with E-state index in [1.807, 2.05) is 55.5 Å². The Morgan fingerprint density at radius 1 is 1.13 bits per heavy atom. The number of hydrogen-bond donors (Lipinski definition) is 0. The van der Waals surface area contributed by atoms with Crippen molar-refractivity contribution in [1.82, 2.24) is 0 Å². The molecule has 0 aliphatic carbocycles. The number of benzene rings is 2. The van der Waals surface area contributed by atoms with Gasteiger partial charge in [-0.25, -0.2) is 0 Å². The fourth-order valence-electron chi connectivity index (χ4n) is 2.75. The molecule has 1 aliphatic rings. The van der Waals surface area contributed by atoms with Gasteiger partial charge < -0.3 is 14.4 Å². The van der Waals surface area contributed by atoms with Crippen LogP contribution in [0.2, 0.25) is 0 Å².